The lowest BCUT2D eigenvalue weighted by Crippen LogP contribution is -2.21. The molecule has 0 saturated heterocycles. The van der Waals surface area contributed by atoms with Gasteiger partial charge in [-0.1, -0.05) is 0 Å². The van der Waals surface area contributed by atoms with Crippen LogP contribution in [0.4, 0.5) is 5.82 Å². The van der Waals surface area contributed by atoms with Crippen LogP contribution >= 0.6 is 0 Å². The van der Waals surface area contributed by atoms with Gasteiger partial charge in [0.1, 0.15) is 5.82 Å². The smallest absolute Gasteiger partial charge is 0.232 e. The molecule has 0 radical (unpaired) electrons. The summed E-state index contributed by atoms with van der Waals surface area (Å²) in [5.41, 5.74) is 1.71. The highest BCUT2D eigenvalue weighted by Crippen LogP contribution is 2.26. The van der Waals surface area contributed by atoms with Crippen molar-refractivity contribution >= 4 is 11.7 Å². The van der Waals surface area contributed by atoms with E-state index >= 15 is 0 Å². The molecular weight excluding hydrogens is 152 g/mol. The first-order valence-corrected chi connectivity index (χ1v) is 3.78. The largest absolute Gasteiger partial charge is 0.299 e. The Morgan fingerprint density at radius 3 is 3.17 bits per heavy atom. The van der Waals surface area contributed by atoms with Crippen LogP contribution in [0.25, 0.3) is 0 Å². The van der Waals surface area contributed by atoms with E-state index in [1.165, 1.54) is 4.90 Å². The van der Waals surface area contributed by atoms with E-state index in [0.29, 0.717) is 5.82 Å². The van der Waals surface area contributed by atoms with Crippen molar-refractivity contribution in [2.24, 2.45) is 0 Å². The number of hydrogen-bond acceptors (Lipinski definition) is 2. The van der Waals surface area contributed by atoms with Gasteiger partial charge >= 0.3 is 0 Å². The number of aryl methyl sites for hydroxylation is 1. The third-order valence-corrected chi connectivity index (χ3v) is 2.10. The molecule has 1 aliphatic rings. The van der Waals surface area contributed by atoms with E-state index in [2.05, 4.69) is 4.98 Å². The minimum atomic E-state index is -0.784. The third kappa shape index (κ3) is 0.826. The molecule has 2 heterocycles. The highest BCUT2D eigenvalue weighted by Gasteiger charge is 2.25. The summed E-state index contributed by atoms with van der Waals surface area (Å²) < 4.78 is 7.66. The van der Waals surface area contributed by atoms with Gasteiger partial charge in [-0.3, -0.25) is 9.69 Å². The zero-order valence-corrected chi connectivity index (χ0v) is 7.03. The van der Waals surface area contributed by atoms with Crippen molar-refractivity contribution in [1.29, 1.82) is 0 Å². The minimum absolute atomic E-state index is 0.197. The zero-order valence-electron chi connectivity index (χ0n) is 8.03. The molecule has 1 aromatic heterocycles. The van der Waals surface area contributed by atoms with Gasteiger partial charge in [0.2, 0.25) is 5.91 Å². The second-order valence-corrected chi connectivity index (χ2v) is 2.91. The predicted molar refractivity (Wildman–Crippen MR) is 46.1 cm³/mol. The van der Waals surface area contributed by atoms with Gasteiger partial charge in [-0.05, 0) is 18.6 Å². The van der Waals surface area contributed by atoms with Gasteiger partial charge < -0.3 is 0 Å². The fourth-order valence-electron chi connectivity index (χ4n) is 1.33. The number of aromatic nitrogens is 1. The van der Waals surface area contributed by atoms with Crippen LogP contribution < -0.4 is 4.90 Å². The van der Waals surface area contributed by atoms with Crippen LogP contribution in [0.3, 0.4) is 0 Å². The standard InChI is InChI=1S/C9H10N2O/c1-6-3-4-10-9-7(6)5-8(12)11(9)2/h3-4H,5H2,1-2H3/i5T. The molecule has 3 heteroatoms. The average molecular weight is 164 g/mol. The van der Waals surface area contributed by atoms with E-state index in [0.717, 1.165) is 11.1 Å². The lowest BCUT2D eigenvalue weighted by Gasteiger charge is -2.08. The molecule has 0 fully saturated rings. The van der Waals surface area contributed by atoms with E-state index in [1.54, 1.807) is 13.2 Å². The maximum absolute atomic E-state index is 11.4. The van der Waals surface area contributed by atoms with Crippen molar-refractivity contribution in [2.75, 3.05) is 11.9 Å². The number of likely N-dealkylation sites (N-methyl/N-ethyl adjacent to an activating group) is 1. The highest BCUT2D eigenvalue weighted by atomic mass is 16.2. The molecule has 1 aliphatic heterocycles. The second kappa shape index (κ2) is 2.30. The lowest BCUT2D eigenvalue weighted by molar-refractivity contribution is -0.117. The summed E-state index contributed by atoms with van der Waals surface area (Å²) in [5, 5.41) is 0. The van der Waals surface area contributed by atoms with E-state index in [4.69, 9.17) is 1.37 Å². The third-order valence-electron chi connectivity index (χ3n) is 2.10. The minimum Gasteiger partial charge on any atom is -0.299 e. The van der Waals surface area contributed by atoms with Crippen LogP contribution in [-0.4, -0.2) is 17.9 Å². The Balaban J connectivity index is 2.66. The number of fused-ring (bicyclic) bond motifs is 1. The lowest BCUT2D eigenvalue weighted by atomic mass is 10.1. The van der Waals surface area contributed by atoms with E-state index in [1.807, 2.05) is 13.0 Å². The SMILES string of the molecule is [3H]C1C(=O)N(C)c2nccc(C)c21. The van der Waals surface area contributed by atoms with Crippen molar-refractivity contribution in [2.45, 2.75) is 13.3 Å². The summed E-state index contributed by atoms with van der Waals surface area (Å²) >= 11 is 0. The fourth-order valence-corrected chi connectivity index (χ4v) is 1.33. The van der Waals surface area contributed by atoms with Gasteiger partial charge in [-0.15, -0.1) is 0 Å². The van der Waals surface area contributed by atoms with Gasteiger partial charge in [0.05, 0.1) is 6.40 Å². The van der Waals surface area contributed by atoms with Gasteiger partial charge in [-0.25, -0.2) is 4.98 Å². The number of anilines is 1. The Labute approximate surface area is 72.4 Å². The highest BCUT2D eigenvalue weighted by molar-refractivity contribution is 6.00. The van der Waals surface area contributed by atoms with Crippen LogP contribution in [0, 0.1) is 6.92 Å². The van der Waals surface area contributed by atoms with Crippen LogP contribution in [0.2, 0.25) is 0 Å². The molecule has 1 atom stereocenters. The van der Waals surface area contributed by atoms with E-state index < -0.39 is 6.40 Å². The van der Waals surface area contributed by atoms with Crippen molar-refractivity contribution in [1.82, 2.24) is 4.98 Å². The number of hydrogen-bond donors (Lipinski definition) is 0. The number of carbonyl (C=O) groups is 1. The molecule has 62 valence electrons. The maximum Gasteiger partial charge on any atom is 0.232 e. The molecule has 0 aliphatic carbocycles. The molecular formula is C9H10N2O. The van der Waals surface area contributed by atoms with Gasteiger partial charge in [0, 0.05) is 20.2 Å². The van der Waals surface area contributed by atoms with Crippen molar-refractivity contribution < 1.29 is 6.17 Å². The first kappa shape index (κ1) is 6.17. The monoisotopic (exact) mass is 164 g/mol. The van der Waals surface area contributed by atoms with Crippen molar-refractivity contribution in [3.05, 3.63) is 23.4 Å². The first-order valence-electron chi connectivity index (χ1n) is 4.36. The van der Waals surface area contributed by atoms with Crippen molar-refractivity contribution in [3.63, 3.8) is 0 Å². The molecule has 1 unspecified atom stereocenters. The zero-order chi connectivity index (χ0) is 9.59. The number of rotatable bonds is 0. The molecule has 3 nitrogen and oxygen atoms in total. The van der Waals surface area contributed by atoms with E-state index in [-0.39, 0.29) is 5.91 Å². The van der Waals surface area contributed by atoms with Gasteiger partial charge in [0.15, 0.2) is 0 Å². The van der Waals surface area contributed by atoms with Crippen LogP contribution in [0.5, 0.6) is 0 Å². The van der Waals surface area contributed by atoms with Gasteiger partial charge in [0.25, 0.3) is 0 Å². The summed E-state index contributed by atoms with van der Waals surface area (Å²) in [4.78, 5) is 16.9. The number of carbonyl (C=O) groups excluding carboxylic acids is 1. The summed E-state index contributed by atoms with van der Waals surface area (Å²) in [6, 6.07) is 1.83. The number of pyridine rings is 1. The summed E-state index contributed by atoms with van der Waals surface area (Å²) in [5.74, 6) is 0.432. The normalized spacial score (nSPS) is 22.5. The molecule has 0 N–H and O–H groups in total. The predicted octanol–water partition coefficient (Wildman–Crippen LogP) is 0.909. The summed E-state index contributed by atoms with van der Waals surface area (Å²) in [6.45, 7) is 1.90. The molecule has 0 spiro atoms. The fraction of sp³-hybridized carbons (Fsp3) is 0.333. The molecule has 1 amide bonds. The molecule has 0 saturated carbocycles. The molecule has 0 aromatic carbocycles. The van der Waals surface area contributed by atoms with Crippen LogP contribution in [0.1, 0.15) is 12.5 Å². The Kier molecular flexibility index (Phi) is 1.18. The van der Waals surface area contributed by atoms with Crippen molar-refractivity contribution in [3.8, 4) is 0 Å². The van der Waals surface area contributed by atoms with Gasteiger partial charge in [-0.2, -0.15) is 0 Å². The molecule has 1 aromatic rings. The molecule has 2 rings (SSSR count). The molecule has 12 heavy (non-hydrogen) atoms. The Bertz CT molecular complexity index is 378. The Morgan fingerprint density at radius 2 is 2.50 bits per heavy atom. The maximum atomic E-state index is 11.4. The Morgan fingerprint density at radius 1 is 1.75 bits per heavy atom. The number of nitrogens with zero attached hydrogens (tertiary/aromatic N) is 2. The second-order valence-electron chi connectivity index (χ2n) is 2.91. The molecule has 0 bridgehead atoms. The first-order chi connectivity index (χ1) is 6.13. The van der Waals surface area contributed by atoms with E-state index in [9.17, 15) is 4.79 Å². The average Bonchev–Trinajstić information content (AvgIpc) is 2.33. The van der Waals surface area contributed by atoms with Crippen LogP contribution in [0.15, 0.2) is 12.3 Å². The quantitative estimate of drug-likeness (QED) is 0.571. The number of amides is 1. The summed E-state index contributed by atoms with van der Waals surface area (Å²) in [6.07, 6.45) is 0.879. The Hall–Kier alpha value is -1.38. The summed E-state index contributed by atoms with van der Waals surface area (Å²) in [7, 11) is 1.65. The topological polar surface area (TPSA) is 33.2 Å². The van der Waals surface area contributed by atoms with Crippen LogP contribution in [-0.2, 0) is 11.2 Å².